The molecule has 0 saturated carbocycles. The molecule has 2 rings (SSSR count). The van der Waals surface area contributed by atoms with Crippen LogP contribution in [0, 0.1) is 5.82 Å². The van der Waals surface area contributed by atoms with Crippen LogP contribution in [-0.4, -0.2) is 36.4 Å². The highest BCUT2D eigenvalue weighted by Gasteiger charge is 2.25. The van der Waals surface area contributed by atoms with E-state index in [9.17, 15) is 9.18 Å². The highest BCUT2D eigenvalue weighted by Crippen LogP contribution is 2.28. The largest absolute Gasteiger partial charge is 0.478 e. The van der Waals surface area contributed by atoms with Gasteiger partial charge in [-0.1, -0.05) is 12.1 Å². The predicted octanol–water partition coefficient (Wildman–Crippen LogP) is 2.54. The Balaban J connectivity index is 2.36. The molecule has 1 heterocycles. The summed E-state index contributed by atoms with van der Waals surface area (Å²) in [7, 11) is 0. The Hall–Kier alpha value is -1.88. The topological polar surface area (TPSA) is 49.8 Å². The van der Waals surface area contributed by atoms with E-state index >= 15 is 0 Å². The molecule has 0 unspecified atom stereocenters. The van der Waals surface area contributed by atoms with Crippen molar-refractivity contribution in [1.29, 1.82) is 0 Å². The molecule has 0 amide bonds. The standard InChI is InChI=1S/C15H18FNO3/c1-10-8-17(9-11(2)20-10)15-12(6-7-14(18)19)4-3-5-13(15)16/h3-7,10-11H,8-9H2,1-2H3,(H,18,19)/b7-6+/t10-,11+. The summed E-state index contributed by atoms with van der Waals surface area (Å²) in [6.45, 7) is 5.05. The molecule has 1 aromatic rings. The van der Waals surface area contributed by atoms with E-state index in [1.165, 1.54) is 12.1 Å². The third-order valence-corrected chi connectivity index (χ3v) is 3.16. The number of carbonyl (C=O) groups is 1. The van der Waals surface area contributed by atoms with Gasteiger partial charge in [0.2, 0.25) is 0 Å². The van der Waals surface area contributed by atoms with Crippen molar-refractivity contribution in [3.8, 4) is 0 Å². The van der Waals surface area contributed by atoms with E-state index in [-0.39, 0.29) is 18.0 Å². The first kappa shape index (κ1) is 14.5. The first-order chi connectivity index (χ1) is 9.47. The van der Waals surface area contributed by atoms with Gasteiger partial charge in [-0.3, -0.25) is 0 Å². The lowest BCUT2D eigenvalue weighted by atomic mass is 10.1. The summed E-state index contributed by atoms with van der Waals surface area (Å²) in [6, 6.07) is 4.68. The second-order valence-corrected chi connectivity index (χ2v) is 5.01. The molecule has 1 aliphatic rings. The van der Waals surface area contributed by atoms with Crippen LogP contribution >= 0.6 is 0 Å². The molecule has 5 heteroatoms. The minimum absolute atomic E-state index is 0.00894. The number of anilines is 1. The van der Waals surface area contributed by atoms with Gasteiger partial charge in [-0.25, -0.2) is 9.18 Å². The number of morpholine rings is 1. The van der Waals surface area contributed by atoms with Gasteiger partial charge < -0.3 is 14.7 Å². The lowest BCUT2D eigenvalue weighted by Crippen LogP contribution is -2.46. The maximum absolute atomic E-state index is 14.1. The van der Waals surface area contributed by atoms with Crippen molar-refractivity contribution < 1.29 is 19.0 Å². The number of hydrogen-bond donors (Lipinski definition) is 1. The molecule has 0 spiro atoms. The van der Waals surface area contributed by atoms with Crippen LogP contribution in [0.2, 0.25) is 0 Å². The third-order valence-electron chi connectivity index (χ3n) is 3.16. The zero-order chi connectivity index (χ0) is 14.7. The van der Waals surface area contributed by atoms with E-state index in [2.05, 4.69) is 0 Å². The van der Waals surface area contributed by atoms with Crippen LogP contribution in [0.5, 0.6) is 0 Å². The van der Waals surface area contributed by atoms with Crippen molar-refractivity contribution in [2.45, 2.75) is 26.1 Å². The summed E-state index contributed by atoms with van der Waals surface area (Å²) in [5.74, 6) is -1.40. The van der Waals surface area contributed by atoms with Crippen molar-refractivity contribution in [3.63, 3.8) is 0 Å². The molecule has 1 aliphatic heterocycles. The molecule has 0 aromatic heterocycles. The summed E-state index contributed by atoms with van der Waals surface area (Å²) in [4.78, 5) is 12.5. The molecule has 108 valence electrons. The summed E-state index contributed by atoms with van der Waals surface area (Å²) in [6.07, 6.45) is 2.46. The second-order valence-electron chi connectivity index (χ2n) is 5.01. The van der Waals surface area contributed by atoms with E-state index in [0.29, 0.717) is 24.3 Å². The molecule has 1 N–H and O–H groups in total. The number of carboxylic acids is 1. The molecule has 2 atom stereocenters. The SMILES string of the molecule is C[C@@H]1CN(c2c(F)cccc2/C=C/C(=O)O)C[C@H](C)O1. The van der Waals surface area contributed by atoms with Crippen LogP contribution in [0.25, 0.3) is 6.08 Å². The number of rotatable bonds is 3. The quantitative estimate of drug-likeness (QED) is 0.864. The molecule has 0 radical (unpaired) electrons. The van der Waals surface area contributed by atoms with Gasteiger partial charge in [0.25, 0.3) is 0 Å². The normalized spacial score (nSPS) is 23.2. The van der Waals surface area contributed by atoms with E-state index < -0.39 is 5.97 Å². The van der Waals surface area contributed by atoms with E-state index in [1.807, 2.05) is 18.7 Å². The number of para-hydroxylation sites is 1. The Morgan fingerprint density at radius 2 is 2.05 bits per heavy atom. The van der Waals surface area contributed by atoms with Crippen LogP contribution in [0.4, 0.5) is 10.1 Å². The number of carboxylic acid groups (broad SMARTS) is 1. The average Bonchev–Trinajstić information content (AvgIpc) is 2.35. The maximum atomic E-state index is 14.1. The van der Waals surface area contributed by atoms with Gasteiger partial charge in [0, 0.05) is 24.7 Å². The zero-order valence-corrected chi connectivity index (χ0v) is 11.5. The zero-order valence-electron chi connectivity index (χ0n) is 11.5. The van der Waals surface area contributed by atoms with Crippen LogP contribution < -0.4 is 4.90 Å². The Morgan fingerprint density at radius 1 is 1.40 bits per heavy atom. The lowest BCUT2D eigenvalue weighted by molar-refractivity contribution is -0.131. The van der Waals surface area contributed by atoms with Gasteiger partial charge in [-0.15, -0.1) is 0 Å². The van der Waals surface area contributed by atoms with Crippen LogP contribution in [0.1, 0.15) is 19.4 Å². The number of aliphatic carboxylic acids is 1. The Labute approximate surface area is 117 Å². The smallest absolute Gasteiger partial charge is 0.328 e. The minimum Gasteiger partial charge on any atom is -0.478 e. The summed E-state index contributed by atoms with van der Waals surface area (Å²) in [5, 5.41) is 8.72. The van der Waals surface area contributed by atoms with E-state index in [0.717, 1.165) is 6.08 Å². The van der Waals surface area contributed by atoms with E-state index in [4.69, 9.17) is 9.84 Å². The predicted molar refractivity (Wildman–Crippen MR) is 75.3 cm³/mol. The van der Waals surface area contributed by atoms with Gasteiger partial charge in [-0.05, 0) is 26.0 Å². The van der Waals surface area contributed by atoms with Crippen molar-refractivity contribution in [2.24, 2.45) is 0 Å². The highest BCUT2D eigenvalue weighted by molar-refractivity contribution is 5.87. The fourth-order valence-electron chi connectivity index (χ4n) is 2.52. The van der Waals surface area contributed by atoms with Crippen LogP contribution in [0.15, 0.2) is 24.3 Å². The molecule has 0 bridgehead atoms. The number of halogens is 1. The first-order valence-corrected chi connectivity index (χ1v) is 6.57. The van der Waals surface area contributed by atoms with Crippen molar-refractivity contribution in [3.05, 3.63) is 35.7 Å². The minimum atomic E-state index is -1.05. The van der Waals surface area contributed by atoms with Gasteiger partial charge in [0.05, 0.1) is 17.9 Å². The monoisotopic (exact) mass is 279 g/mol. The van der Waals surface area contributed by atoms with Gasteiger partial charge in [0.1, 0.15) is 5.82 Å². The molecule has 0 aliphatic carbocycles. The highest BCUT2D eigenvalue weighted by atomic mass is 19.1. The number of nitrogens with zero attached hydrogens (tertiary/aromatic N) is 1. The molecule has 1 aromatic carbocycles. The molecular formula is C15H18FNO3. The number of hydrogen-bond acceptors (Lipinski definition) is 3. The molecule has 1 fully saturated rings. The fraction of sp³-hybridized carbons (Fsp3) is 0.400. The Morgan fingerprint density at radius 3 is 2.65 bits per heavy atom. The van der Waals surface area contributed by atoms with Gasteiger partial charge in [0.15, 0.2) is 0 Å². The number of benzene rings is 1. The maximum Gasteiger partial charge on any atom is 0.328 e. The van der Waals surface area contributed by atoms with Crippen LogP contribution in [-0.2, 0) is 9.53 Å². The summed E-state index contributed by atoms with van der Waals surface area (Å²) in [5.41, 5.74) is 1.00. The van der Waals surface area contributed by atoms with Crippen LogP contribution in [0.3, 0.4) is 0 Å². The average molecular weight is 279 g/mol. The van der Waals surface area contributed by atoms with Crippen molar-refractivity contribution in [1.82, 2.24) is 0 Å². The van der Waals surface area contributed by atoms with Crippen molar-refractivity contribution >= 4 is 17.7 Å². The third kappa shape index (κ3) is 3.36. The Kier molecular flexibility index (Phi) is 4.39. The molecule has 1 saturated heterocycles. The Bertz CT molecular complexity index is 520. The summed E-state index contributed by atoms with van der Waals surface area (Å²) < 4.78 is 19.8. The van der Waals surface area contributed by atoms with Crippen molar-refractivity contribution in [2.75, 3.05) is 18.0 Å². The van der Waals surface area contributed by atoms with Gasteiger partial charge >= 0.3 is 5.97 Å². The fourth-order valence-corrected chi connectivity index (χ4v) is 2.52. The molecular weight excluding hydrogens is 261 g/mol. The lowest BCUT2D eigenvalue weighted by Gasteiger charge is -2.37. The second kappa shape index (κ2) is 6.05. The number of ether oxygens (including phenoxy) is 1. The van der Waals surface area contributed by atoms with Gasteiger partial charge in [-0.2, -0.15) is 0 Å². The molecule has 4 nitrogen and oxygen atoms in total. The molecule has 20 heavy (non-hydrogen) atoms. The first-order valence-electron chi connectivity index (χ1n) is 6.57. The summed E-state index contributed by atoms with van der Waals surface area (Å²) >= 11 is 0. The van der Waals surface area contributed by atoms with E-state index in [1.54, 1.807) is 12.1 Å².